The third kappa shape index (κ3) is 7.52. The first kappa shape index (κ1) is 24.6. The molecule has 0 atom stereocenters. The molecule has 0 fully saturated rings. The minimum Gasteiger partial charge on any atom is -0.273 e. The number of halogens is 6. The lowest BCUT2D eigenvalue weighted by Crippen LogP contribution is -2.23. The van der Waals surface area contributed by atoms with Crippen LogP contribution in [-0.4, -0.2) is 24.2 Å². The number of hydrazone groups is 2. The van der Waals surface area contributed by atoms with Gasteiger partial charge < -0.3 is 0 Å². The van der Waals surface area contributed by atoms with Gasteiger partial charge in [0.2, 0.25) is 11.8 Å². The number of amides is 2. The van der Waals surface area contributed by atoms with Crippen LogP contribution in [0.1, 0.15) is 35.1 Å². The lowest BCUT2D eigenvalue weighted by Gasteiger charge is -2.09. The number of nitrogens with zero attached hydrogens (tertiary/aromatic N) is 2. The Balaban J connectivity index is 1.83. The smallest absolute Gasteiger partial charge is 0.273 e. The minimum atomic E-state index is -4.59. The average molecular weight is 458 g/mol. The minimum absolute atomic E-state index is 0.258. The molecule has 0 aliphatic heterocycles. The second-order valence-electron chi connectivity index (χ2n) is 6.26. The topological polar surface area (TPSA) is 82.9 Å². The molecule has 0 saturated carbocycles. The fourth-order valence-corrected chi connectivity index (χ4v) is 2.42. The summed E-state index contributed by atoms with van der Waals surface area (Å²) < 4.78 is 77.2. The van der Waals surface area contributed by atoms with Crippen molar-refractivity contribution in [1.29, 1.82) is 0 Å². The monoisotopic (exact) mass is 458 g/mol. The Hall–Kier alpha value is -3.70. The molecule has 0 aliphatic carbocycles. The highest BCUT2D eigenvalue weighted by molar-refractivity contribution is 5.87. The first-order valence-electron chi connectivity index (χ1n) is 8.94. The fourth-order valence-electron chi connectivity index (χ4n) is 2.42. The van der Waals surface area contributed by atoms with Gasteiger partial charge in [-0.05, 0) is 12.1 Å². The first-order chi connectivity index (χ1) is 15.0. The molecule has 0 aliphatic rings. The summed E-state index contributed by atoms with van der Waals surface area (Å²) in [6.07, 6.45) is -8.29. The number of alkyl halides is 6. The molecular weight excluding hydrogens is 442 g/mol. The molecule has 0 saturated heterocycles. The maximum atomic E-state index is 12.9. The van der Waals surface area contributed by atoms with Gasteiger partial charge in [-0.15, -0.1) is 0 Å². The molecule has 0 bridgehead atoms. The van der Waals surface area contributed by atoms with Gasteiger partial charge in [0.15, 0.2) is 0 Å². The van der Waals surface area contributed by atoms with Crippen LogP contribution in [0.15, 0.2) is 58.7 Å². The Bertz CT molecular complexity index is 934. The highest BCUT2D eigenvalue weighted by Gasteiger charge is 2.33. The molecule has 2 amide bonds. The maximum Gasteiger partial charge on any atom is 0.417 e. The van der Waals surface area contributed by atoms with Crippen LogP contribution < -0.4 is 10.9 Å². The Labute approximate surface area is 178 Å². The predicted molar refractivity (Wildman–Crippen MR) is 104 cm³/mol. The van der Waals surface area contributed by atoms with Crippen molar-refractivity contribution in [2.75, 3.05) is 0 Å². The van der Waals surface area contributed by atoms with Gasteiger partial charge in [-0.2, -0.15) is 36.5 Å². The summed E-state index contributed by atoms with van der Waals surface area (Å²) >= 11 is 0. The second-order valence-corrected chi connectivity index (χ2v) is 6.26. The number of carbonyl (C=O) groups excluding carboxylic acids is 2. The van der Waals surface area contributed by atoms with Crippen molar-refractivity contribution < 1.29 is 35.9 Å². The van der Waals surface area contributed by atoms with Crippen LogP contribution in [0.25, 0.3) is 0 Å². The van der Waals surface area contributed by atoms with Crippen LogP contribution in [0.3, 0.4) is 0 Å². The zero-order chi connectivity index (χ0) is 23.8. The molecular formula is C20H16F6N4O2. The third-order valence-corrected chi connectivity index (χ3v) is 3.90. The molecule has 12 heteroatoms. The van der Waals surface area contributed by atoms with Crippen molar-refractivity contribution in [2.24, 2.45) is 10.2 Å². The van der Waals surface area contributed by atoms with E-state index in [0.29, 0.717) is 0 Å². The van der Waals surface area contributed by atoms with E-state index in [9.17, 15) is 35.9 Å². The van der Waals surface area contributed by atoms with Gasteiger partial charge in [-0.1, -0.05) is 36.4 Å². The normalized spacial score (nSPS) is 12.3. The van der Waals surface area contributed by atoms with Gasteiger partial charge in [0.25, 0.3) is 0 Å². The van der Waals surface area contributed by atoms with Crippen molar-refractivity contribution in [1.82, 2.24) is 10.9 Å². The van der Waals surface area contributed by atoms with Gasteiger partial charge in [0.05, 0.1) is 23.6 Å². The van der Waals surface area contributed by atoms with Gasteiger partial charge in [0, 0.05) is 24.0 Å². The first-order valence-corrected chi connectivity index (χ1v) is 8.94. The summed E-state index contributed by atoms with van der Waals surface area (Å²) in [6, 6.07) is 9.22. The van der Waals surface area contributed by atoms with E-state index < -0.39 is 35.3 Å². The largest absolute Gasteiger partial charge is 0.417 e. The molecule has 6 nitrogen and oxygen atoms in total. The molecule has 0 unspecified atom stereocenters. The van der Waals surface area contributed by atoms with E-state index in [0.717, 1.165) is 24.6 Å². The fraction of sp³-hybridized carbons (Fsp3) is 0.200. The van der Waals surface area contributed by atoms with Crippen LogP contribution in [0.5, 0.6) is 0 Å². The summed E-state index contributed by atoms with van der Waals surface area (Å²) in [5, 5.41) is 6.87. The highest BCUT2D eigenvalue weighted by atomic mass is 19.4. The molecule has 2 N–H and O–H groups in total. The third-order valence-electron chi connectivity index (χ3n) is 3.90. The lowest BCUT2D eigenvalue weighted by atomic mass is 10.1. The molecule has 2 rings (SSSR count). The van der Waals surface area contributed by atoms with Gasteiger partial charge in [-0.25, -0.2) is 10.9 Å². The van der Waals surface area contributed by atoms with Crippen LogP contribution in [0, 0.1) is 0 Å². The number of benzene rings is 2. The number of rotatable bonds is 7. The molecule has 2 aromatic rings. The number of carbonyl (C=O) groups is 2. The summed E-state index contributed by atoms with van der Waals surface area (Å²) in [6.45, 7) is 0. The van der Waals surface area contributed by atoms with E-state index in [1.807, 2.05) is 10.9 Å². The van der Waals surface area contributed by atoms with Crippen LogP contribution in [0.4, 0.5) is 26.3 Å². The van der Waals surface area contributed by atoms with Crippen molar-refractivity contribution in [3.63, 3.8) is 0 Å². The average Bonchev–Trinajstić information content (AvgIpc) is 2.71. The number of hydrogen-bond acceptors (Lipinski definition) is 4. The van der Waals surface area contributed by atoms with E-state index in [2.05, 4.69) is 10.2 Å². The van der Waals surface area contributed by atoms with Crippen molar-refractivity contribution in [3.8, 4) is 0 Å². The van der Waals surface area contributed by atoms with E-state index >= 15 is 0 Å². The SMILES string of the molecule is O=C(CCC(=O)NN=Cc1ccccc1C(F)(F)F)NN=Cc1ccccc1C(F)(F)F. The van der Waals surface area contributed by atoms with Gasteiger partial charge >= 0.3 is 12.4 Å². The van der Waals surface area contributed by atoms with Crippen molar-refractivity contribution >= 4 is 24.2 Å². The Morgan fingerprint density at radius 2 is 1.03 bits per heavy atom. The zero-order valence-electron chi connectivity index (χ0n) is 16.2. The van der Waals surface area contributed by atoms with Crippen molar-refractivity contribution in [2.45, 2.75) is 25.2 Å². The second kappa shape index (κ2) is 10.6. The van der Waals surface area contributed by atoms with E-state index in [4.69, 9.17) is 0 Å². The summed E-state index contributed by atoms with van der Waals surface area (Å²) in [7, 11) is 0. The lowest BCUT2D eigenvalue weighted by molar-refractivity contribution is -0.138. The number of hydrogen-bond donors (Lipinski definition) is 2. The number of nitrogens with one attached hydrogen (secondary N) is 2. The molecule has 0 spiro atoms. The zero-order valence-corrected chi connectivity index (χ0v) is 16.2. The summed E-state index contributed by atoms with van der Waals surface area (Å²) in [5.74, 6) is -1.51. The molecule has 170 valence electrons. The van der Waals surface area contributed by atoms with Crippen LogP contribution >= 0.6 is 0 Å². The predicted octanol–water partition coefficient (Wildman–Crippen LogP) is 4.10. The van der Waals surface area contributed by atoms with Crippen molar-refractivity contribution in [3.05, 3.63) is 70.8 Å². The maximum absolute atomic E-state index is 12.9. The molecule has 0 radical (unpaired) electrons. The molecule has 0 aromatic heterocycles. The summed E-state index contributed by atoms with van der Waals surface area (Å²) in [4.78, 5) is 23.4. The molecule has 2 aromatic carbocycles. The standard InChI is InChI=1S/C20H16F6N4O2/c21-19(22,23)15-7-3-1-5-13(15)11-27-29-17(31)9-10-18(32)30-28-12-14-6-2-4-8-16(14)20(24,25)26/h1-8,11-12H,9-10H2,(H,29,31)(H,30,32). The van der Waals surface area contributed by atoms with Crippen LogP contribution in [0.2, 0.25) is 0 Å². The van der Waals surface area contributed by atoms with E-state index in [-0.39, 0.29) is 24.0 Å². The van der Waals surface area contributed by atoms with Gasteiger partial charge in [0.1, 0.15) is 0 Å². The van der Waals surface area contributed by atoms with Gasteiger partial charge in [-0.3, -0.25) is 9.59 Å². The molecule has 0 heterocycles. The van der Waals surface area contributed by atoms with E-state index in [1.54, 1.807) is 0 Å². The Morgan fingerprint density at radius 1 is 0.688 bits per heavy atom. The molecule has 32 heavy (non-hydrogen) atoms. The highest BCUT2D eigenvalue weighted by Crippen LogP contribution is 2.31. The quantitative estimate of drug-likeness (QED) is 0.372. The summed E-state index contributed by atoms with van der Waals surface area (Å²) in [5.41, 5.74) is 1.61. The van der Waals surface area contributed by atoms with E-state index in [1.165, 1.54) is 36.4 Å². The van der Waals surface area contributed by atoms with Crippen LogP contribution in [-0.2, 0) is 21.9 Å². The Kier molecular flexibility index (Phi) is 8.10. The Morgan fingerprint density at radius 3 is 1.38 bits per heavy atom.